The smallest absolute Gasteiger partial charge is 0.308 e. The molecule has 0 fully saturated rings. The summed E-state index contributed by atoms with van der Waals surface area (Å²) in [6, 6.07) is 7.12. The maximum atomic E-state index is 13.4. The molecule has 0 bridgehead atoms. The zero-order chi connectivity index (χ0) is 15.7. The van der Waals surface area contributed by atoms with E-state index in [2.05, 4.69) is 20.6 Å². The second kappa shape index (κ2) is 5.32. The number of aromatic nitrogens is 2. The number of imidazole rings is 1. The van der Waals surface area contributed by atoms with Crippen LogP contribution in [0.5, 0.6) is 0 Å². The molecule has 1 aromatic heterocycles. The SMILES string of the molecule is O=C(Nc1ccc2[nH]c(=O)[nH]c2c1)Nc1c(F)cccc1F. The van der Waals surface area contributed by atoms with Crippen LogP contribution in [0.3, 0.4) is 0 Å². The Hall–Kier alpha value is -3.16. The van der Waals surface area contributed by atoms with E-state index in [0.717, 1.165) is 12.1 Å². The lowest BCUT2D eigenvalue weighted by molar-refractivity contribution is 0.262. The normalized spacial score (nSPS) is 10.6. The second-order valence-electron chi connectivity index (χ2n) is 4.52. The Balaban J connectivity index is 1.79. The molecule has 2 amide bonds. The van der Waals surface area contributed by atoms with E-state index in [1.807, 2.05) is 0 Å². The number of carbonyl (C=O) groups is 1. The number of rotatable bonds is 2. The number of H-pyrrole nitrogens is 2. The highest BCUT2D eigenvalue weighted by Gasteiger charge is 2.12. The van der Waals surface area contributed by atoms with Crippen LogP contribution in [0.2, 0.25) is 0 Å². The number of urea groups is 1. The highest BCUT2D eigenvalue weighted by molar-refractivity contribution is 6.00. The summed E-state index contributed by atoms with van der Waals surface area (Å²) in [6.45, 7) is 0. The maximum absolute atomic E-state index is 13.4. The first-order chi connectivity index (χ1) is 10.5. The van der Waals surface area contributed by atoms with Gasteiger partial charge in [-0.05, 0) is 30.3 Å². The van der Waals surface area contributed by atoms with Crippen molar-refractivity contribution in [2.24, 2.45) is 0 Å². The number of para-hydroxylation sites is 1. The number of halogens is 2. The number of anilines is 2. The Bertz CT molecular complexity index is 896. The first-order valence-corrected chi connectivity index (χ1v) is 6.27. The molecule has 0 radical (unpaired) electrons. The van der Waals surface area contributed by atoms with Gasteiger partial charge in [-0.15, -0.1) is 0 Å². The van der Waals surface area contributed by atoms with Crippen LogP contribution in [-0.2, 0) is 0 Å². The molecule has 0 aliphatic rings. The number of aromatic amines is 2. The lowest BCUT2D eigenvalue weighted by Crippen LogP contribution is -2.20. The van der Waals surface area contributed by atoms with E-state index in [9.17, 15) is 18.4 Å². The van der Waals surface area contributed by atoms with Crippen LogP contribution in [0.1, 0.15) is 0 Å². The zero-order valence-electron chi connectivity index (χ0n) is 11.0. The monoisotopic (exact) mass is 304 g/mol. The summed E-state index contributed by atoms with van der Waals surface area (Å²) in [5.41, 5.74) is 0.536. The number of hydrogen-bond donors (Lipinski definition) is 4. The Morgan fingerprint density at radius 1 is 0.955 bits per heavy atom. The van der Waals surface area contributed by atoms with Crippen LogP contribution in [0.25, 0.3) is 11.0 Å². The van der Waals surface area contributed by atoms with E-state index in [1.54, 1.807) is 12.1 Å². The Morgan fingerprint density at radius 3 is 2.36 bits per heavy atom. The van der Waals surface area contributed by atoms with Crippen LogP contribution in [0.15, 0.2) is 41.2 Å². The van der Waals surface area contributed by atoms with Gasteiger partial charge in [0.1, 0.15) is 17.3 Å². The molecule has 3 aromatic rings. The fraction of sp³-hybridized carbons (Fsp3) is 0. The first kappa shape index (κ1) is 13.8. The summed E-state index contributed by atoms with van der Waals surface area (Å²) < 4.78 is 26.9. The molecular formula is C14H10F2N4O2. The summed E-state index contributed by atoms with van der Waals surface area (Å²) in [6.07, 6.45) is 0. The average molecular weight is 304 g/mol. The van der Waals surface area contributed by atoms with Gasteiger partial charge in [-0.1, -0.05) is 6.07 Å². The van der Waals surface area contributed by atoms with Crippen LogP contribution in [-0.4, -0.2) is 16.0 Å². The summed E-state index contributed by atoms with van der Waals surface area (Å²) in [7, 11) is 0. The molecule has 0 atom stereocenters. The van der Waals surface area contributed by atoms with Crippen molar-refractivity contribution >= 4 is 28.4 Å². The second-order valence-corrected chi connectivity index (χ2v) is 4.52. The molecule has 6 nitrogen and oxygen atoms in total. The predicted molar refractivity (Wildman–Crippen MR) is 77.9 cm³/mol. The number of amides is 2. The van der Waals surface area contributed by atoms with Crippen molar-refractivity contribution in [1.29, 1.82) is 0 Å². The maximum Gasteiger partial charge on any atom is 0.323 e. The predicted octanol–water partition coefficient (Wildman–Crippen LogP) is 2.78. The molecule has 1 heterocycles. The summed E-state index contributed by atoms with van der Waals surface area (Å²) in [4.78, 5) is 28.0. The molecule has 4 N–H and O–H groups in total. The number of nitrogens with one attached hydrogen (secondary N) is 4. The van der Waals surface area contributed by atoms with Crippen molar-refractivity contribution in [3.8, 4) is 0 Å². The van der Waals surface area contributed by atoms with Gasteiger partial charge in [0.15, 0.2) is 0 Å². The van der Waals surface area contributed by atoms with Crippen molar-refractivity contribution in [1.82, 2.24) is 9.97 Å². The van der Waals surface area contributed by atoms with Gasteiger partial charge in [0.25, 0.3) is 0 Å². The van der Waals surface area contributed by atoms with Crippen LogP contribution in [0, 0.1) is 11.6 Å². The summed E-state index contributed by atoms with van der Waals surface area (Å²) in [5.74, 6) is -1.75. The topological polar surface area (TPSA) is 89.8 Å². The van der Waals surface area contributed by atoms with Gasteiger partial charge in [0.2, 0.25) is 0 Å². The third-order valence-electron chi connectivity index (χ3n) is 2.98. The fourth-order valence-electron chi connectivity index (χ4n) is 2.00. The van der Waals surface area contributed by atoms with Gasteiger partial charge in [-0.25, -0.2) is 18.4 Å². The van der Waals surface area contributed by atoms with Gasteiger partial charge in [0, 0.05) is 5.69 Å². The van der Waals surface area contributed by atoms with Crippen molar-refractivity contribution in [2.45, 2.75) is 0 Å². The van der Waals surface area contributed by atoms with Crippen molar-refractivity contribution < 1.29 is 13.6 Å². The lowest BCUT2D eigenvalue weighted by atomic mass is 10.2. The van der Waals surface area contributed by atoms with Gasteiger partial charge in [-0.2, -0.15) is 0 Å². The van der Waals surface area contributed by atoms with E-state index in [0.29, 0.717) is 16.7 Å². The summed E-state index contributed by atoms with van der Waals surface area (Å²) >= 11 is 0. The van der Waals surface area contributed by atoms with Gasteiger partial charge in [-0.3, -0.25) is 0 Å². The fourth-order valence-corrected chi connectivity index (χ4v) is 2.00. The third kappa shape index (κ3) is 2.66. The van der Waals surface area contributed by atoms with Gasteiger partial charge in [0.05, 0.1) is 11.0 Å². The standard InChI is InChI=1S/C14H10F2N4O2/c15-8-2-1-3-9(16)12(8)20-13(21)17-7-4-5-10-11(6-7)19-14(22)18-10/h1-6H,(H2,17,20,21)(H2,18,19,22). The Morgan fingerprint density at radius 2 is 1.64 bits per heavy atom. The molecule has 0 saturated heterocycles. The number of benzene rings is 2. The van der Waals surface area contributed by atoms with E-state index in [4.69, 9.17) is 0 Å². The first-order valence-electron chi connectivity index (χ1n) is 6.27. The zero-order valence-corrected chi connectivity index (χ0v) is 11.0. The minimum atomic E-state index is -0.874. The Kier molecular flexibility index (Phi) is 3.34. The minimum Gasteiger partial charge on any atom is -0.308 e. The molecule has 0 spiro atoms. The molecule has 22 heavy (non-hydrogen) atoms. The molecular weight excluding hydrogens is 294 g/mol. The molecule has 3 rings (SSSR count). The third-order valence-corrected chi connectivity index (χ3v) is 2.98. The quantitative estimate of drug-likeness (QED) is 0.586. The highest BCUT2D eigenvalue weighted by atomic mass is 19.1. The number of hydrogen-bond acceptors (Lipinski definition) is 2. The van der Waals surface area contributed by atoms with Gasteiger partial charge < -0.3 is 20.6 Å². The van der Waals surface area contributed by atoms with E-state index in [1.165, 1.54) is 12.1 Å². The lowest BCUT2D eigenvalue weighted by Gasteiger charge is -2.09. The van der Waals surface area contributed by atoms with Crippen LogP contribution >= 0.6 is 0 Å². The largest absolute Gasteiger partial charge is 0.323 e. The number of fused-ring (bicyclic) bond motifs is 1. The van der Waals surface area contributed by atoms with Gasteiger partial charge >= 0.3 is 11.7 Å². The van der Waals surface area contributed by atoms with E-state index >= 15 is 0 Å². The molecule has 0 unspecified atom stereocenters. The molecule has 0 aliphatic heterocycles. The number of carbonyl (C=O) groups excluding carboxylic acids is 1. The van der Waals surface area contributed by atoms with Crippen LogP contribution < -0.4 is 16.3 Å². The van der Waals surface area contributed by atoms with Crippen molar-refractivity contribution in [2.75, 3.05) is 10.6 Å². The highest BCUT2D eigenvalue weighted by Crippen LogP contribution is 2.19. The Labute approximate surface area is 122 Å². The summed E-state index contributed by atoms with van der Waals surface area (Å²) in [5, 5.41) is 4.53. The van der Waals surface area contributed by atoms with Crippen LogP contribution in [0.4, 0.5) is 25.0 Å². The average Bonchev–Trinajstić information content (AvgIpc) is 2.82. The molecule has 0 saturated carbocycles. The molecule has 0 aliphatic carbocycles. The molecule has 2 aromatic carbocycles. The van der Waals surface area contributed by atoms with E-state index < -0.39 is 23.4 Å². The van der Waals surface area contributed by atoms with E-state index in [-0.39, 0.29) is 5.69 Å². The van der Waals surface area contributed by atoms with Crippen molar-refractivity contribution in [3.63, 3.8) is 0 Å². The van der Waals surface area contributed by atoms with Crippen molar-refractivity contribution in [3.05, 3.63) is 58.5 Å². The minimum absolute atomic E-state index is 0.358. The molecule has 112 valence electrons. The molecule has 8 heteroatoms.